The van der Waals surface area contributed by atoms with Crippen LogP contribution in [0.15, 0.2) is 74.5 Å². The molecule has 0 aliphatic rings. The fourth-order valence-corrected chi connectivity index (χ4v) is 2.89. The zero-order valence-corrected chi connectivity index (χ0v) is 16.1. The van der Waals surface area contributed by atoms with E-state index < -0.39 is 5.76 Å². The summed E-state index contributed by atoms with van der Waals surface area (Å²) in [5.74, 6) is 0.610. The Bertz CT molecular complexity index is 1170. The van der Waals surface area contributed by atoms with Crippen LogP contribution in [-0.4, -0.2) is 15.1 Å². The van der Waals surface area contributed by atoms with Gasteiger partial charge in [0.15, 0.2) is 5.76 Å². The first-order valence-corrected chi connectivity index (χ1v) is 9.46. The van der Waals surface area contributed by atoms with E-state index >= 15 is 0 Å². The highest BCUT2D eigenvalue weighted by atomic mass is 16.5. The third kappa shape index (κ3) is 5.08. The van der Waals surface area contributed by atoms with Gasteiger partial charge < -0.3 is 18.7 Å². The zero-order valence-electron chi connectivity index (χ0n) is 16.1. The van der Waals surface area contributed by atoms with Gasteiger partial charge in [-0.1, -0.05) is 42.5 Å². The number of hydrogen-bond donors (Lipinski definition) is 2. The second-order valence-corrected chi connectivity index (χ2v) is 6.64. The molecular formula is C23H20N2O5. The number of hydrogen-bond acceptors (Lipinski definition) is 6. The molecular weight excluding hydrogens is 384 g/mol. The van der Waals surface area contributed by atoms with Gasteiger partial charge >= 0.3 is 5.76 Å². The number of H-pyrrole nitrogens is 1. The first-order chi connectivity index (χ1) is 14.7. The summed E-state index contributed by atoms with van der Waals surface area (Å²) in [6, 6.07) is 17.5. The summed E-state index contributed by atoms with van der Waals surface area (Å²) in [5, 5.41) is 9.54. The van der Waals surface area contributed by atoms with E-state index in [1.165, 1.54) is 0 Å². The van der Waals surface area contributed by atoms with Crippen molar-refractivity contribution < 1.29 is 18.7 Å². The summed E-state index contributed by atoms with van der Waals surface area (Å²) in [6.45, 7) is 0.296. The second-order valence-electron chi connectivity index (χ2n) is 6.64. The second kappa shape index (κ2) is 9.00. The van der Waals surface area contributed by atoms with Gasteiger partial charge in [0.05, 0.1) is 0 Å². The highest BCUT2D eigenvalue weighted by Gasteiger charge is 2.09. The fraction of sp³-hybridized carbons (Fsp3) is 0.130. The lowest BCUT2D eigenvalue weighted by Gasteiger charge is -2.05. The molecule has 152 valence electrons. The molecule has 0 saturated carbocycles. The minimum atomic E-state index is -0.655. The van der Waals surface area contributed by atoms with Crippen molar-refractivity contribution in [1.29, 1.82) is 0 Å². The van der Waals surface area contributed by atoms with Gasteiger partial charge in [-0.05, 0) is 35.8 Å². The fourth-order valence-electron chi connectivity index (χ4n) is 2.89. The maximum absolute atomic E-state index is 11.0. The number of nitrogens with zero attached hydrogens (tertiary/aromatic N) is 1. The maximum Gasteiger partial charge on any atom is 0.419 e. The van der Waals surface area contributed by atoms with E-state index in [0.29, 0.717) is 36.8 Å². The molecule has 4 rings (SSSR count). The van der Waals surface area contributed by atoms with Crippen LogP contribution in [0.4, 0.5) is 0 Å². The normalized spacial score (nSPS) is 11.2. The Hall–Kier alpha value is -4.00. The minimum Gasteiger partial charge on any atom is -0.492 e. The van der Waals surface area contributed by atoms with Crippen LogP contribution in [0.1, 0.15) is 28.5 Å². The topological polar surface area (TPSA) is 101 Å². The summed E-state index contributed by atoms with van der Waals surface area (Å²) in [7, 11) is 0. The molecule has 0 aliphatic carbocycles. The van der Waals surface area contributed by atoms with Crippen LogP contribution in [0, 0.1) is 0 Å². The zero-order chi connectivity index (χ0) is 20.8. The van der Waals surface area contributed by atoms with Crippen molar-refractivity contribution in [3.8, 4) is 11.6 Å². The predicted octanol–water partition coefficient (Wildman–Crippen LogP) is 4.20. The standard InChI is InChI=1S/C23H20N2O5/c26-22-20(30-23(27)25-22)12-8-17-6-10-19(11-7-17)28-14-18-15-29-21(24-18)13-9-16-4-2-1-3-5-16/h1-7,9-11,13,15,26H,8,12,14H2,(H,25,27). The molecule has 0 saturated heterocycles. The Labute approximate surface area is 172 Å². The molecule has 2 aromatic heterocycles. The van der Waals surface area contributed by atoms with Gasteiger partial charge in [0.2, 0.25) is 11.8 Å². The van der Waals surface area contributed by atoms with Gasteiger partial charge in [0, 0.05) is 12.5 Å². The van der Waals surface area contributed by atoms with Crippen molar-refractivity contribution in [1.82, 2.24) is 9.97 Å². The molecule has 7 nitrogen and oxygen atoms in total. The van der Waals surface area contributed by atoms with Crippen LogP contribution in [0.5, 0.6) is 11.6 Å². The molecule has 7 heteroatoms. The van der Waals surface area contributed by atoms with E-state index in [2.05, 4.69) is 9.97 Å². The number of ether oxygens (including phenoxy) is 1. The highest BCUT2D eigenvalue weighted by molar-refractivity contribution is 5.65. The van der Waals surface area contributed by atoms with Gasteiger partial charge in [-0.3, -0.25) is 4.98 Å². The number of nitrogens with one attached hydrogen (secondary N) is 1. The molecule has 0 atom stereocenters. The van der Waals surface area contributed by atoms with Crippen molar-refractivity contribution >= 4 is 12.2 Å². The number of benzene rings is 2. The van der Waals surface area contributed by atoms with Crippen LogP contribution in [0.2, 0.25) is 0 Å². The summed E-state index contributed by atoms with van der Waals surface area (Å²) in [6.07, 6.45) is 6.37. The van der Waals surface area contributed by atoms with E-state index in [4.69, 9.17) is 13.6 Å². The largest absolute Gasteiger partial charge is 0.492 e. The van der Waals surface area contributed by atoms with Crippen LogP contribution >= 0.6 is 0 Å². The van der Waals surface area contributed by atoms with Crippen molar-refractivity contribution in [2.24, 2.45) is 0 Å². The van der Waals surface area contributed by atoms with Crippen LogP contribution < -0.4 is 10.5 Å². The molecule has 0 spiro atoms. The molecule has 2 aromatic carbocycles. The van der Waals surface area contributed by atoms with E-state index in [-0.39, 0.29) is 11.6 Å². The molecule has 2 N–H and O–H groups in total. The van der Waals surface area contributed by atoms with Crippen molar-refractivity contribution in [2.45, 2.75) is 19.4 Å². The van der Waals surface area contributed by atoms with Gasteiger partial charge in [-0.25, -0.2) is 9.78 Å². The van der Waals surface area contributed by atoms with Gasteiger partial charge in [0.25, 0.3) is 0 Å². The summed E-state index contributed by atoms with van der Waals surface area (Å²) in [4.78, 5) is 17.6. The Morgan fingerprint density at radius 1 is 1.03 bits per heavy atom. The number of rotatable bonds is 8. The number of aryl methyl sites for hydroxylation is 2. The molecule has 0 aliphatic heterocycles. The predicted molar refractivity (Wildman–Crippen MR) is 111 cm³/mol. The molecule has 30 heavy (non-hydrogen) atoms. The minimum absolute atomic E-state index is 0.217. The number of aromatic amines is 1. The maximum atomic E-state index is 11.0. The van der Waals surface area contributed by atoms with Gasteiger partial charge in [-0.2, -0.15) is 0 Å². The first kappa shape index (κ1) is 19.3. The summed E-state index contributed by atoms with van der Waals surface area (Å²) >= 11 is 0. The van der Waals surface area contributed by atoms with Crippen molar-refractivity contribution in [3.05, 3.63) is 99.9 Å². The van der Waals surface area contributed by atoms with E-state index in [1.807, 2.05) is 66.7 Å². The molecule has 0 fully saturated rings. The van der Waals surface area contributed by atoms with Crippen molar-refractivity contribution in [2.75, 3.05) is 0 Å². The smallest absolute Gasteiger partial charge is 0.419 e. The van der Waals surface area contributed by atoms with Gasteiger partial charge in [-0.15, -0.1) is 0 Å². The Morgan fingerprint density at radius 3 is 2.57 bits per heavy atom. The molecule has 0 unspecified atom stereocenters. The third-order valence-electron chi connectivity index (χ3n) is 4.44. The van der Waals surface area contributed by atoms with Gasteiger partial charge in [0.1, 0.15) is 24.3 Å². The quantitative estimate of drug-likeness (QED) is 0.456. The molecule has 2 heterocycles. The van der Waals surface area contributed by atoms with E-state index in [1.54, 1.807) is 6.26 Å². The van der Waals surface area contributed by atoms with Crippen LogP contribution in [-0.2, 0) is 19.4 Å². The SMILES string of the molecule is O=c1[nH]c(O)c(CCc2ccc(OCc3coc(C=Cc4ccccc4)n3)cc2)o1. The van der Waals surface area contributed by atoms with E-state index in [0.717, 1.165) is 11.1 Å². The number of oxazole rings is 2. The molecule has 0 amide bonds. The lowest BCUT2D eigenvalue weighted by Crippen LogP contribution is -1.96. The van der Waals surface area contributed by atoms with E-state index in [9.17, 15) is 9.90 Å². The van der Waals surface area contributed by atoms with Crippen LogP contribution in [0.25, 0.3) is 12.2 Å². The third-order valence-corrected chi connectivity index (χ3v) is 4.44. The number of aromatic nitrogens is 2. The monoisotopic (exact) mass is 404 g/mol. The van der Waals surface area contributed by atoms with Crippen molar-refractivity contribution in [3.63, 3.8) is 0 Å². The lowest BCUT2D eigenvalue weighted by atomic mass is 10.1. The highest BCUT2D eigenvalue weighted by Crippen LogP contribution is 2.18. The molecule has 0 bridgehead atoms. The first-order valence-electron chi connectivity index (χ1n) is 9.46. The Balaban J connectivity index is 1.28. The Kier molecular flexibility index (Phi) is 5.80. The number of aromatic hydroxyl groups is 1. The Morgan fingerprint density at radius 2 is 1.83 bits per heavy atom. The summed E-state index contributed by atoms with van der Waals surface area (Å²) < 4.78 is 16.1. The lowest BCUT2D eigenvalue weighted by molar-refractivity contribution is 0.301. The average molecular weight is 404 g/mol. The summed E-state index contributed by atoms with van der Waals surface area (Å²) in [5.41, 5.74) is 2.80. The molecule has 4 aromatic rings. The molecule has 0 radical (unpaired) electrons. The van der Waals surface area contributed by atoms with Crippen LogP contribution in [0.3, 0.4) is 0 Å². The average Bonchev–Trinajstić information content (AvgIpc) is 3.36.